The van der Waals surface area contributed by atoms with Crippen LogP contribution < -0.4 is 4.90 Å². The topological polar surface area (TPSA) is 65.1 Å². The minimum absolute atomic E-state index is 0.00337. The minimum Gasteiger partial charge on any atom is -0.466 e. The van der Waals surface area contributed by atoms with Crippen molar-refractivity contribution < 1.29 is 28.2 Å². The lowest BCUT2D eigenvalue weighted by atomic mass is 10.1. The highest BCUT2D eigenvalue weighted by Gasteiger charge is 2.33. The van der Waals surface area contributed by atoms with E-state index in [2.05, 4.69) is 4.74 Å². The molecule has 1 aliphatic heterocycles. The number of ether oxygens (including phenoxy) is 3. The summed E-state index contributed by atoms with van der Waals surface area (Å²) in [4.78, 5) is 25.4. The SMILES string of the molecule is COC(=O)C1=C(C(=O)OC)N(c2ccc(F)c(C)c2Cl)COC1. The Kier molecular flexibility index (Phi) is 5.23. The van der Waals surface area contributed by atoms with E-state index in [1.807, 2.05) is 0 Å². The van der Waals surface area contributed by atoms with Gasteiger partial charge in [0.2, 0.25) is 0 Å². The highest BCUT2D eigenvalue weighted by Crippen LogP contribution is 2.35. The molecular formula is C15H15ClFNO5. The monoisotopic (exact) mass is 343 g/mol. The molecule has 23 heavy (non-hydrogen) atoms. The smallest absolute Gasteiger partial charge is 0.355 e. The van der Waals surface area contributed by atoms with Crippen molar-refractivity contribution in [3.8, 4) is 0 Å². The number of esters is 2. The molecule has 0 aromatic heterocycles. The predicted molar refractivity (Wildman–Crippen MR) is 80.5 cm³/mol. The van der Waals surface area contributed by atoms with Gasteiger partial charge in [0.15, 0.2) is 0 Å². The normalized spacial score (nSPS) is 14.7. The Morgan fingerprint density at radius 3 is 2.52 bits per heavy atom. The quantitative estimate of drug-likeness (QED) is 0.784. The number of hydrogen-bond donors (Lipinski definition) is 0. The van der Waals surface area contributed by atoms with Gasteiger partial charge in [0.25, 0.3) is 0 Å². The van der Waals surface area contributed by atoms with Crippen LogP contribution in [0.25, 0.3) is 0 Å². The van der Waals surface area contributed by atoms with Crippen LogP contribution in [-0.4, -0.2) is 39.5 Å². The zero-order chi connectivity index (χ0) is 17.1. The minimum atomic E-state index is -0.744. The summed E-state index contributed by atoms with van der Waals surface area (Å²) < 4.78 is 28.3. The molecule has 0 saturated carbocycles. The highest BCUT2D eigenvalue weighted by atomic mass is 35.5. The molecule has 0 N–H and O–H groups in total. The molecular weight excluding hydrogens is 329 g/mol. The van der Waals surface area contributed by atoms with Gasteiger partial charge in [0.05, 0.1) is 37.1 Å². The van der Waals surface area contributed by atoms with Crippen LogP contribution in [0.3, 0.4) is 0 Å². The first-order chi connectivity index (χ1) is 10.9. The Hall–Kier alpha value is -2.12. The number of rotatable bonds is 3. The molecule has 0 unspecified atom stereocenters. The fourth-order valence-electron chi connectivity index (χ4n) is 2.19. The predicted octanol–water partition coefficient (Wildman–Crippen LogP) is 2.18. The molecule has 124 valence electrons. The van der Waals surface area contributed by atoms with Crippen LogP contribution in [0.5, 0.6) is 0 Å². The lowest BCUT2D eigenvalue weighted by Crippen LogP contribution is -2.39. The molecule has 0 aliphatic carbocycles. The van der Waals surface area contributed by atoms with Crippen molar-refractivity contribution in [3.05, 3.63) is 39.8 Å². The van der Waals surface area contributed by atoms with Gasteiger partial charge in [-0.25, -0.2) is 14.0 Å². The van der Waals surface area contributed by atoms with Crippen molar-refractivity contribution in [2.75, 3.05) is 32.5 Å². The number of benzene rings is 1. The fourth-order valence-corrected chi connectivity index (χ4v) is 2.44. The summed E-state index contributed by atoms with van der Waals surface area (Å²) in [6, 6.07) is 2.62. The average molecular weight is 344 g/mol. The van der Waals surface area contributed by atoms with Crippen molar-refractivity contribution in [2.24, 2.45) is 0 Å². The molecule has 8 heteroatoms. The molecule has 0 saturated heterocycles. The van der Waals surface area contributed by atoms with Gasteiger partial charge in [0.1, 0.15) is 18.2 Å². The van der Waals surface area contributed by atoms with Gasteiger partial charge in [-0.15, -0.1) is 0 Å². The number of halogens is 2. The Labute approximate surface area is 137 Å². The molecule has 0 radical (unpaired) electrons. The van der Waals surface area contributed by atoms with Crippen LogP contribution in [-0.2, 0) is 23.8 Å². The van der Waals surface area contributed by atoms with E-state index in [0.717, 1.165) is 0 Å². The second-order valence-corrected chi connectivity index (χ2v) is 5.10. The third kappa shape index (κ3) is 3.16. The number of methoxy groups -OCH3 is 2. The van der Waals surface area contributed by atoms with Crippen LogP contribution in [0.1, 0.15) is 5.56 Å². The first kappa shape index (κ1) is 17.2. The van der Waals surface area contributed by atoms with E-state index < -0.39 is 17.8 Å². The average Bonchev–Trinajstić information content (AvgIpc) is 2.57. The van der Waals surface area contributed by atoms with E-state index in [9.17, 15) is 14.0 Å². The Morgan fingerprint density at radius 1 is 1.26 bits per heavy atom. The van der Waals surface area contributed by atoms with E-state index in [4.69, 9.17) is 21.1 Å². The lowest BCUT2D eigenvalue weighted by Gasteiger charge is -2.32. The van der Waals surface area contributed by atoms with Gasteiger partial charge in [-0.2, -0.15) is 0 Å². The first-order valence-corrected chi connectivity index (χ1v) is 6.99. The largest absolute Gasteiger partial charge is 0.466 e. The van der Waals surface area contributed by atoms with Crippen molar-refractivity contribution >= 4 is 29.2 Å². The molecule has 2 rings (SSSR count). The molecule has 6 nitrogen and oxygen atoms in total. The third-order valence-electron chi connectivity index (χ3n) is 3.42. The van der Waals surface area contributed by atoms with E-state index in [1.165, 1.54) is 38.2 Å². The number of carbonyl (C=O) groups excluding carboxylic acids is 2. The van der Waals surface area contributed by atoms with E-state index in [-0.39, 0.29) is 35.2 Å². The number of nitrogens with zero attached hydrogens (tertiary/aromatic N) is 1. The second kappa shape index (κ2) is 6.97. The van der Waals surface area contributed by atoms with Crippen molar-refractivity contribution in [1.29, 1.82) is 0 Å². The van der Waals surface area contributed by atoms with Gasteiger partial charge in [-0.05, 0) is 19.1 Å². The van der Waals surface area contributed by atoms with Crippen molar-refractivity contribution in [3.63, 3.8) is 0 Å². The van der Waals surface area contributed by atoms with E-state index >= 15 is 0 Å². The summed E-state index contributed by atoms with van der Waals surface area (Å²) in [6.07, 6.45) is 0. The molecule has 0 spiro atoms. The summed E-state index contributed by atoms with van der Waals surface area (Å²) in [7, 11) is 2.38. The molecule has 0 amide bonds. The summed E-state index contributed by atoms with van der Waals surface area (Å²) in [5, 5.41) is 0.112. The van der Waals surface area contributed by atoms with Gasteiger partial charge < -0.3 is 19.1 Å². The summed E-state index contributed by atoms with van der Waals surface area (Å²) in [6.45, 7) is 1.36. The molecule has 1 aromatic carbocycles. The Morgan fingerprint density at radius 2 is 1.91 bits per heavy atom. The lowest BCUT2D eigenvalue weighted by molar-refractivity contribution is -0.140. The number of hydrogen-bond acceptors (Lipinski definition) is 6. The second-order valence-electron chi connectivity index (χ2n) is 4.72. The first-order valence-electron chi connectivity index (χ1n) is 6.62. The van der Waals surface area contributed by atoms with Gasteiger partial charge in [-0.3, -0.25) is 0 Å². The van der Waals surface area contributed by atoms with Gasteiger partial charge in [-0.1, -0.05) is 11.6 Å². The van der Waals surface area contributed by atoms with Crippen molar-refractivity contribution in [2.45, 2.75) is 6.92 Å². The molecule has 0 bridgehead atoms. The Bertz CT molecular complexity index is 689. The summed E-state index contributed by atoms with van der Waals surface area (Å²) in [5.74, 6) is -1.94. The van der Waals surface area contributed by atoms with E-state index in [1.54, 1.807) is 0 Å². The van der Waals surface area contributed by atoms with Crippen LogP contribution in [0, 0.1) is 12.7 Å². The zero-order valence-electron chi connectivity index (χ0n) is 12.8. The third-order valence-corrected chi connectivity index (χ3v) is 3.90. The van der Waals surface area contributed by atoms with Crippen LogP contribution in [0.15, 0.2) is 23.4 Å². The Balaban J connectivity index is 2.62. The maximum atomic E-state index is 13.6. The maximum Gasteiger partial charge on any atom is 0.355 e. The summed E-state index contributed by atoms with van der Waals surface area (Å²) >= 11 is 6.18. The molecule has 1 heterocycles. The van der Waals surface area contributed by atoms with Gasteiger partial charge in [0, 0.05) is 5.56 Å². The highest BCUT2D eigenvalue weighted by molar-refractivity contribution is 6.34. The van der Waals surface area contributed by atoms with Crippen LogP contribution >= 0.6 is 11.6 Å². The molecule has 1 aromatic rings. The number of anilines is 1. The standard InChI is InChI=1S/C15H15ClFNO5/c1-8-10(17)4-5-11(12(8)16)18-7-23-6-9(14(19)21-2)13(18)15(20)22-3/h4-5H,6-7H2,1-3H3. The zero-order valence-corrected chi connectivity index (χ0v) is 13.6. The number of carbonyl (C=O) groups is 2. The summed E-state index contributed by atoms with van der Waals surface area (Å²) in [5.41, 5.74) is 0.507. The fraction of sp³-hybridized carbons (Fsp3) is 0.333. The maximum absolute atomic E-state index is 13.6. The van der Waals surface area contributed by atoms with Crippen LogP contribution in [0.2, 0.25) is 5.02 Å². The molecule has 0 atom stereocenters. The molecule has 1 aliphatic rings. The molecule has 0 fully saturated rings. The van der Waals surface area contributed by atoms with E-state index in [0.29, 0.717) is 5.69 Å². The van der Waals surface area contributed by atoms with Crippen LogP contribution in [0.4, 0.5) is 10.1 Å². The van der Waals surface area contributed by atoms with Gasteiger partial charge >= 0.3 is 11.9 Å². The van der Waals surface area contributed by atoms with Crippen molar-refractivity contribution in [1.82, 2.24) is 0 Å².